The average molecular weight is 461 g/mol. The van der Waals surface area contributed by atoms with E-state index in [1.807, 2.05) is 25.1 Å². The fraction of sp³-hybridized carbons (Fsp3) is 0.448. The Morgan fingerprint density at radius 1 is 1.24 bits per heavy atom. The van der Waals surface area contributed by atoms with Crippen LogP contribution < -0.4 is 0 Å². The first-order valence-corrected chi connectivity index (χ1v) is 12.6. The first kappa shape index (κ1) is 23.0. The van der Waals surface area contributed by atoms with Crippen LogP contribution in [0.3, 0.4) is 0 Å². The summed E-state index contributed by atoms with van der Waals surface area (Å²) in [6.07, 6.45) is 12.9. The van der Waals surface area contributed by atoms with E-state index >= 15 is 0 Å². The minimum absolute atomic E-state index is 0.136. The maximum atomic E-state index is 14.3. The zero-order valence-corrected chi connectivity index (χ0v) is 19.9. The maximum absolute atomic E-state index is 14.3. The van der Waals surface area contributed by atoms with Gasteiger partial charge in [-0.25, -0.2) is 4.39 Å². The monoisotopic (exact) mass is 460 g/mol. The van der Waals surface area contributed by atoms with Gasteiger partial charge in [0.15, 0.2) is 0 Å². The van der Waals surface area contributed by atoms with Crippen molar-refractivity contribution < 1.29 is 13.6 Å². The van der Waals surface area contributed by atoms with Crippen molar-refractivity contribution in [3.63, 3.8) is 0 Å². The molecule has 0 bridgehead atoms. The van der Waals surface area contributed by atoms with Crippen molar-refractivity contribution in [2.75, 3.05) is 19.6 Å². The third-order valence-electron chi connectivity index (χ3n) is 7.60. The van der Waals surface area contributed by atoms with Crippen LogP contribution in [0.2, 0.25) is 0 Å². The quantitative estimate of drug-likeness (QED) is 0.394. The van der Waals surface area contributed by atoms with Crippen molar-refractivity contribution >= 4 is 22.3 Å². The molecule has 0 saturated heterocycles. The molecule has 1 aliphatic heterocycles. The summed E-state index contributed by atoms with van der Waals surface area (Å²) in [5.74, 6) is 0.195. The van der Waals surface area contributed by atoms with Crippen LogP contribution in [0.15, 0.2) is 53.3 Å². The summed E-state index contributed by atoms with van der Waals surface area (Å²) in [6.45, 7) is 4.47. The van der Waals surface area contributed by atoms with Crippen molar-refractivity contribution in [1.29, 1.82) is 0 Å². The first-order chi connectivity index (χ1) is 16.6. The lowest BCUT2D eigenvalue weighted by molar-refractivity contribution is -0.125. The molecule has 0 N–H and O–H groups in total. The fourth-order valence-electron chi connectivity index (χ4n) is 5.62. The smallest absolute Gasteiger partial charge is 0.145 e. The molecule has 2 aromatic heterocycles. The number of furan rings is 1. The van der Waals surface area contributed by atoms with Gasteiger partial charge in [0, 0.05) is 36.2 Å². The van der Waals surface area contributed by atoms with E-state index in [0.29, 0.717) is 5.78 Å². The fourth-order valence-corrected chi connectivity index (χ4v) is 5.62. The SMILES string of the molecule is Cc1coc2c(C3=CCN(CCC(C(=O)C4CCCCC4)c4ccccn4)CC3)cc(F)cc12. The highest BCUT2D eigenvalue weighted by atomic mass is 19.1. The molecular weight excluding hydrogens is 427 g/mol. The maximum Gasteiger partial charge on any atom is 0.145 e. The molecule has 0 spiro atoms. The van der Waals surface area contributed by atoms with Crippen LogP contribution in [0.1, 0.15) is 67.7 Å². The van der Waals surface area contributed by atoms with E-state index in [2.05, 4.69) is 16.0 Å². The standard InChI is InChI=1S/C29H33FN2O2/c1-20-19-34-29-25(20)17-23(30)18-26(29)21-10-14-32(15-11-21)16-12-24(27-9-5-6-13-31-27)28(33)22-7-3-2-4-8-22/h5-6,9-10,13,17-19,22,24H,2-4,7-8,11-12,14-16H2,1H3. The molecule has 1 fully saturated rings. The van der Waals surface area contributed by atoms with Crippen LogP contribution in [0, 0.1) is 18.7 Å². The zero-order chi connectivity index (χ0) is 23.5. The molecule has 178 valence electrons. The molecule has 5 rings (SSSR count). The number of benzene rings is 1. The molecule has 0 radical (unpaired) electrons. The van der Waals surface area contributed by atoms with Gasteiger partial charge >= 0.3 is 0 Å². The molecular formula is C29H33FN2O2. The first-order valence-electron chi connectivity index (χ1n) is 12.6. The number of fused-ring (bicyclic) bond motifs is 1. The number of rotatable bonds is 7. The summed E-state index contributed by atoms with van der Waals surface area (Å²) >= 11 is 0. The number of Topliss-reactive ketones (excluding diaryl/α,β-unsaturated/α-hetero) is 1. The summed E-state index contributed by atoms with van der Waals surface area (Å²) in [5, 5.41) is 0.845. The number of aromatic nitrogens is 1. The molecule has 1 aliphatic carbocycles. The van der Waals surface area contributed by atoms with Gasteiger partial charge in [0.25, 0.3) is 0 Å². The number of carbonyl (C=O) groups is 1. The lowest BCUT2D eigenvalue weighted by atomic mass is 9.79. The summed E-state index contributed by atoms with van der Waals surface area (Å²) in [4.78, 5) is 20.4. The van der Waals surface area contributed by atoms with Crippen molar-refractivity contribution in [1.82, 2.24) is 9.88 Å². The van der Waals surface area contributed by atoms with Gasteiger partial charge in [-0.05, 0) is 74.6 Å². The second-order valence-electron chi connectivity index (χ2n) is 9.86. The molecule has 5 heteroatoms. The molecule has 4 nitrogen and oxygen atoms in total. The van der Waals surface area contributed by atoms with E-state index in [1.54, 1.807) is 24.6 Å². The molecule has 2 aliphatic rings. The Hall–Kier alpha value is -2.79. The number of nitrogens with zero attached hydrogens (tertiary/aromatic N) is 2. The van der Waals surface area contributed by atoms with Gasteiger partial charge < -0.3 is 4.42 Å². The lowest BCUT2D eigenvalue weighted by Gasteiger charge is -2.29. The van der Waals surface area contributed by atoms with Gasteiger partial charge in [-0.2, -0.15) is 0 Å². The summed E-state index contributed by atoms with van der Waals surface area (Å²) in [6, 6.07) is 9.03. The molecule has 3 aromatic rings. The highest BCUT2D eigenvalue weighted by Crippen LogP contribution is 2.34. The third-order valence-corrected chi connectivity index (χ3v) is 7.60. The third kappa shape index (κ3) is 4.85. The van der Waals surface area contributed by atoms with E-state index in [1.165, 1.54) is 6.42 Å². The normalized spacial score (nSPS) is 18.7. The average Bonchev–Trinajstić information content (AvgIpc) is 3.25. The van der Waals surface area contributed by atoms with Crippen molar-refractivity contribution in [2.24, 2.45) is 5.92 Å². The largest absolute Gasteiger partial charge is 0.463 e. The summed E-state index contributed by atoms with van der Waals surface area (Å²) in [5.41, 5.74) is 4.63. The Morgan fingerprint density at radius 3 is 2.82 bits per heavy atom. The van der Waals surface area contributed by atoms with Crippen molar-refractivity contribution in [3.8, 4) is 0 Å². The van der Waals surface area contributed by atoms with E-state index in [-0.39, 0.29) is 17.7 Å². The summed E-state index contributed by atoms with van der Waals surface area (Å²) < 4.78 is 20.0. The van der Waals surface area contributed by atoms with E-state index in [4.69, 9.17) is 4.42 Å². The predicted molar refractivity (Wildman–Crippen MR) is 133 cm³/mol. The number of aryl methyl sites for hydroxylation is 1. The molecule has 1 unspecified atom stereocenters. The molecule has 1 saturated carbocycles. The number of carbonyl (C=O) groups excluding carboxylic acids is 1. The van der Waals surface area contributed by atoms with Gasteiger partial charge in [0.2, 0.25) is 0 Å². The minimum atomic E-state index is -0.227. The minimum Gasteiger partial charge on any atom is -0.463 e. The van der Waals surface area contributed by atoms with Gasteiger partial charge in [-0.15, -0.1) is 0 Å². The van der Waals surface area contributed by atoms with Crippen LogP contribution in [-0.4, -0.2) is 35.3 Å². The Kier molecular flexibility index (Phi) is 6.91. The van der Waals surface area contributed by atoms with E-state index < -0.39 is 0 Å². The molecule has 3 heterocycles. The van der Waals surface area contributed by atoms with Crippen LogP contribution in [0.4, 0.5) is 4.39 Å². The molecule has 0 amide bonds. The van der Waals surface area contributed by atoms with Crippen LogP contribution in [0.5, 0.6) is 0 Å². The van der Waals surface area contributed by atoms with Gasteiger partial charge in [0.05, 0.1) is 17.9 Å². The van der Waals surface area contributed by atoms with E-state index in [9.17, 15) is 9.18 Å². The summed E-state index contributed by atoms with van der Waals surface area (Å²) in [7, 11) is 0. The predicted octanol–water partition coefficient (Wildman–Crippen LogP) is 6.69. The number of ketones is 1. The number of halogens is 1. The van der Waals surface area contributed by atoms with Crippen LogP contribution in [-0.2, 0) is 4.79 Å². The zero-order valence-electron chi connectivity index (χ0n) is 19.9. The molecule has 1 atom stereocenters. The Morgan fingerprint density at radius 2 is 2.09 bits per heavy atom. The number of hydrogen-bond donors (Lipinski definition) is 0. The van der Waals surface area contributed by atoms with E-state index in [0.717, 1.165) is 91.5 Å². The Balaban J connectivity index is 1.28. The van der Waals surface area contributed by atoms with Gasteiger partial charge in [0.1, 0.15) is 17.2 Å². The van der Waals surface area contributed by atoms with Gasteiger partial charge in [-0.1, -0.05) is 31.4 Å². The number of hydrogen-bond acceptors (Lipinski definition) is 4. The highest BCUT2D eigenvalue weighted by molar-refractivity contribution is 5.92. The lowest BCUT2D eigenvalue weighted by Crippen LogP contribution is -2.33. The second-order valence-corrected chi connectivity index (χ2v) is 9.86. The molecule has 1 aromatic carbocycles. The van der Waals surface area contributed by atoms with Crippen molar-refractivity contribution in [3.05, 3.63) is 71.5 Å². The Labute approximate surface area is 200 Å². The molecule has 34 heavy (non-hydrogen) atoms. The van der Waals surface area contributed by atoms with Crippen LogP contribution >= 0.6 is 0 Å². The van der Waals surface area contributed by atoms with Gasteiger partial charge in [-0.3, -0.25) is 14.7 Å². The second kappa shape index (κ2) is 10.2. The van der Waals surface area contributed by atoms with Crippen molar-refractivity contribution in [2.45, 2.75) is 57.8 Å². The van der Waals surface area contributed by atoms with Crippen LogP contribution in [0.25, 0.3) is 16.5 Å². The topological polar surface area (TPSA) is 46.3 Å². The highest BCUT2D eigenvalue weighted by Gasteiger charge is 2.30. The Bertz CT molecular complexity index is 1180. The number of pyridine rings is 1.